The average Bonchev–Trinajstić information content (AvgIpc) is 2.56. The molecule has 2 heterocycles. The minimum Gasteiger partial charge on any atom is -0.337 e. The predicted octanol–water partition coefficient (Wildman–Crippen LogP) is 2.11. The highest BCUT2D eigenvalue weighted by molar-refractivity contribution is 7.85. The summed E-state index contributed by atoms with van der Waals surface area (Å²) in [6, 6.07) is 10.7. The summed E-state index contributed by atoms with van der Waals surface area (Å²) in [6.07, 6.45) is 5.86. The molecule has 2 N–H and O–H groups in total. The summed E-state index contributed by atoms with van der Waals surface area (Å²) >= 11 is 0. The molecule has 1 aromatic rings. The number of benzene rings is 1. The van der Waals surface area contributed by atoms with Crippen molar-refractivity contribution in [1.29, 1.82) is 0 Å². The number of urea groups is 1. The molecule has 2 aliphatic heterocycles. The third-order valence-corrected chi connectivity index (χ3v) is 6.63. The molecule has 1 aromatic carbocycles. The van der Waals surface area contributed by atoms with Gasteiger partial charge in [-0.2, -0.15) is 0 Å². The van der Waals surface area contributed by atoms with Crippen LogP contribution in [0.4, 0.5) is 4.79 Å². The molecule has 2 aliphatic rings. The first-order valence-electron chi connectivity index (χ1n) is 8.83. The van der Waals surface area contributed by atoms with Crippen molar-refractivity contribution in [3.8, 4) is 0 Å². The van der Waals surface area contributed by atoms with E-state index in [1.165, 1.54) is 19.3 Å². The summed E-state index contributed by atoms with van der Waals surface area (Å²) in [5, 5.41) is 5.96. The Balaban J connectivity index is 1.39. The van der Waals surface area contributed by atoms with E-state index < -0.39 is 10.8 Å². The minimum atomic E-state index is -1.06. The van der Waals surface area contributed by atoms with Crippen LogP contribution in [0.3, 0.4) is 0 Å². The Kier molecular flexibility index (Phi) is 5.89. The van der Waals surface area contributed by atoms with Gasteiger partial charge in [-0.1, -0.05) is 24.6 Å². The highest BCUT2D eigenvalue weighted by Crippen LogP contribution is 2.32. The lowest BCUT2D eigenvalue weighted by molar-refractivity contribution is 0.0509. The maximum Gasteiger partial charge on any atom is 0.315 e. The first kappa shape index (κ1) is 17.4. The third-order valence-electron chi connectivity index (χ3n) is 5.25. The molecule has 0 aromatic heterocycles. The molecule has 2 bridgehead atoms. The van der Waals surface area contributed by atoms with Crippen LogP contribution in [-0.2, 0) is 10.8 Å². The van der Waals surface area contributed by atoms with Gasteiger partial charge in [0.2, 0.25) is 0 Å². The van der Waals surface area contributed by atoms with E-state index in [-0.39, 0.29) is 12.1 Å². The molecule has 24 heavy (non-hydrogen) atoms. The number of rotatable bonds is 5. The number of hydrogen-bond acceptors (Lipinski definition) is 3. The molecule has 5 nitrogen and oxygen atoms in total. The Labute approximate surface area is 146 Å². The summed E-state index contributed by atoms with van der Waals surface area (Å²) in [7, 11) is 1.15. The van der Waals surface area contributed by atoms with Gasteiger partial charge in [-0.15, -0.1) is 0 Å². The molecule has 2 saturated heterocycles. The highest BCUT2D eigenvalue weighted by atomic mass is 32.2. The lowest BCUT2D eigenvalue weighted by Crippen LogP contribution is -2.56. The summed E-state index contributed by atoms with van der Waals surface area (Å²) < 4.78 is 12.1. The molecule has 2 amide bonds. The first-order valence-corrected chi connectivity index (χ1v) is 10.1. The lowest BCUT2D eigenvalue weighted by Gasteiger charge is -2.47. The quantitative estimate of drug-likeness (QED) is 0.856. The van der Waals surface area contributed by atoms with Crippen molar-refractivity contribution in [1.82, 2.24) is 15.5 Å². The van der Waals surface area contributed by atoms with Crippen LogP contribution in [0.15, 0.2) is 35.2 Å². The highest BCUT2D eigenvalue weighted by Gasteiger charge is 2.36. The lowest BCUT2D eigenvalue weighted by atomic mass is 9.82. The van der Waals surface area contributed by atoms with Crippen LogP contribution in [0.5, 0.6) is 0 Å². The van der Waals surface area contributed by atoms with Gasteiger partial charge < -0.3 is 15.5 Å². The predicted molar refractivity (Wildman–Crippen MR) is 96.5 cm³/mol. The third kappa shape index (κ3) is 4.36. The molecule has 3 atom stereocenters. The van der Waals surface area contributed by atoms with E-state index in [2.05, 4.69) is 22.6 Å². The van der Waals surface area contributed by atoms with Gasteiger partial charge in [0.25, 0.3) is 0 Å². The van der Waals surface area contributed by atoms with Crippen molar-refractivity contribution in [2.24, 2.45) is 0 Å². The van der Waals surface area contributed by atoms with Gasteiger partial charge >= 0.3 is 6.03 Å². The SMILES string of the molecule is CN1C2CCCC1CC(NC(=O)NCCS(=O)c1ccccc1)C2. The van der Waals surface area contributed by atoms with Gasteiger partial charge in [0.05, 0.1) is 10.8 Å². The molecular weight excluding hydrogens is 322 g/mol. The fourth-order valence-corrected chi connectivity index (χ4v) is 4.90. The summed E-state index contributed by atoms with van der Waals surface area (Å²) in [4.78, 5) is 15.4. The Bertz CT molecular complexity index is 567. The van der Waals surface area contributed by atoms with Crippen LogP contribution >= 0.6 is 0 Å². The zero-order chi connectivity index (χ0) is 16.9. The second-order valence-corrected chi connectivity index (χ2v) is 8.41. The Morgan fingerprint density at radius 1 is 1.21 bits per heavy atom. The van der Waals surface area contributed by atoms with Crippen molar-refractivity contribution < 1.29 is 9.00 Å². The topological polar surface area (TPSA) is 61.4 Å². The van der Waals surface area contributed by atoms with Gasteiger partial charge in [0, 0.05) is 35.3 Å². The van der Waals surface area contributed by atoms with Crippen molar-refractivity contribution in [2.45, 2.75) is 55.1 Å². The molecule has 3 unspecified atom stereocenters. The van der Waals surface area contributed by atoms with Crippen LogP contribution < -0.4 is 10.6 Å². The summed E-state index contributed by atoms with van der Waals surface area (Å²) in [6.45, 7) is 0.423. The van der Waals surface area contributed by atoms with Crippen LogP contribution in [-0.4, -0.2) is 52.6 Å². The maximum atomic E-state index is 12.1. The van der Waals surface area contributed by atoms with Crippen molar-refractivity contribution in [3.63, 3.8) is 0 Å². The fraction of sp³-hybridized carbons (Fsp3) is 0.611. The van der Waals surface area contributed by atoms with E-state index in [9.17, 15) is 9.00 Å². The Morgan fingerprint density at radius 2 is 1.88 bits per heavy atom. The van der Waals surface area contributed by atoms with E-state index in [0.29, 0.717) is 24.4 Å². The van der Waals surface area contributed by atoms with Crippen LogP contribution in [0.1, 0.15) is 32.1 Å². The molecule has 132 valence electrons. The second kappa shape index (κ2) is 8.12. The maximum absolute atomic E-state index is 12.1. The monoisotopic (exact) mass is 349 g/mol. The number of piperidine rings is 2. The molecule has 3 rings (SSSR count). The number of nitrogens with zero attached hydrogens (tertiary/aromatic N) is 1. The Hall–Kier alpha value is -1.40. The molecule has 2 fully saturated rings. The molecule has 0 aliphatic carbocycles. The summed E-state index contributed by atoms with van der Waals surface area (Å²) in [5.41, 5.74) is 0. The molecule has 0 radical (unpaired) electrons. The van der Waals surface area contributed by atoms with E-state index in [1.807, 2.05) is 30.3 Å². The zero-order valence-corrected chi connectivity index (χ0v) is 15.1. The Morgan fingerprint density at radius 3 is 2.54 bits per heavy atom. The van der Waals surface area contributed by atoms with Gasteiger partial charge in [-0.05, 0) is 44.9 Å². The number of hydrogen-bond donors (Lipinski definition) is 2. The zero-order valence-electron chi connectivity index (χ0n) is 14.2. The van der Waals surface area contributed by atoms with Gasteiger partial charge in [0.15, 0.2) is 0 Å². The van der Waals surface area contributed by atoms with E-state index in [1.54, 1.807) is 0 Å². The smallest absolute Gasteiger partial charge is 0.315 e. The van der Waals surface area contributed by atoms with E-state index in [0.717, 1.165) is 17.7 Å². The number of amides is 2. The molecule has 0 saturated carbocycles. The van der Waals surface area contributed by atoms with Gasteiger partial charge in [-0.25, -0.2) is 4.79 Å². The fourth-order valence-electron chi connectivity index (χ4n) is 3.92. The largest absolute Gasteiger partial charge is 0.337 e. The first-order chi connectivity index (χ1) is 11.6. The van der Waals surface area contributed by atoms with Crippen molar-refractivity contribution >= 4 is 16.8 Å². The van der Waals surface area contributed by atoms with Crippen molar-refractivity contribution in [2.75, 3.05) is 19.3 Å². The van der Waals surface area contributed by atoms with Crippen LogP contribution in [0.2, 0.25) is 0 Å². The molecule has 0 spiro atoms. The number of fused-ring (bicyclic) bond motifs is 2. The normalized spacial score (nSPS) is 28.1. The number of carbonyl (C=O) groups excluding carboxylic acids is 1. The number of nitrogens with one attached hydrogen (secondary N) is 2. The molecule has 6 heteroatoms. The van der Waals surface area contributed by atoms with Crippen LogP contribution in [0.25, 0.3) is 0 Å². The second-order valence-electron chi connectivity index (χ2n) is 6.84. The van der Waals surface area contributed by atoms with E-state index in [4.69, 9.17) is 0 Å². The van der Waals surface area contributed by atoms with Crippen LogP contribution in [0, 0.1) is 0 Å². The van der Waals surface area contributed by atoms with Gasteiger partial charge in [-0.3, -0.25) is 4.21 Å². The standard InChI is InChI=1S/C18H27N3O2S/c1-21-15-6-5-7-16(21)13-14(12-15)20-18(22)19-10-11-24(23)17-8-3-2-4-9-17/h2-4,8-9,14-16H,5-7,10-13H2,1H3,(H2,19,20,22). The van der Waals surface area contributed by atoms with E-state index >= 15 is 0 Å². The minimum absolute atomic E-state index is 0.132. The van der Waals surface area contributed by atoms with Crippen molar-refractivity contribution in [3.05, 3.63) is 30.3 Å². The molecular formula is C18H27N3O2S. The summed E-state index contributed by atoms with van der Waals surface area (Å²) in [5.74, 6) is 0.441. The van der Waals surface area contributed by atoms with Gasteiger partial charge in [0.1, 0.15) is 0 Å². The average molecular weight is 350 g/mol. The number of carbonyl (C=O) groups is 1.